The number of benzene rings is 4. The molecule has 4 rings (SSSR count). The van der Waals surface area contributed by atoms with Gasteiger partial charge in [0.05, 0.1) is 12.8 Å². The topological polar surface area (TPSA) is 47.6 Å². The van der Waals surface area contributed by atoms with Gasteiger partial charge in [0.15, 0.2) is 0 Å². The maximum atomic E-state index is 13.2. The number of ether oxygens (including phenoxy) is 2. The number of amides is 1. The smallest absolute Gasteiger partial charge is 0.255 e. The van der Waals surface area contributed by atoms with Gasteiger partial charge in [0.1, 0.15) is 18.1 Å². The molecular formula is C31H31NO3S. The molecular weight excluding hydrogens is 466 g/mol. The van der Waals surface area contributed by atoms with Crippen molar-refractivity contribution in [2.45, 2.75) is 42.6 Å². The summed E-state index contributed by atoms with van der Waals surface area (Å²) in [5, 5.41) is 3.07. The monoisotopic (exact) mass is 497 g/mol. The molecule has 0 heterocycles. The lowest BCUT2D eigenvalue weighted by Gasteiger charge is -2.23. The van der Waals surface area contributed by atoms with Crippen molar-refractivity contribution in [3.63, 3.8) is 0 Å². The summed E-state index contributed by atoms with van der Waals surface area (Å²) in [4.78, 5) is 15.3. The molecule has 0 bridgehead atoms. The van der Waals surface area contributed by atoms with Gasteiger partial charge in [-0.1, -0.05) is 81.1 Å². The van der Waals surface area contributed by atoms with Crippen molar-refractivity contribution >= 4 is 23.4 Å². The zero-order chi connectivity index (χ0) is 25.5. The molecule has 0 aliphatic heterocycles. The Hall–Kier alpha value is -3.70. The van der Waals surface area contributed by atoms with E-state index in [2.05, 4.69) is 44.3 Å². The second kappa shape index (κ2) is 11.4. The first kappa shape index (κ1) is 25.4. The number of methoxy groups -OCH3 is 1. The van der Waals surface area contributed by atoms with Gasteiger partial charge in [0, 0.05) is 20.9 Å². The SMILES string of the molecule is COc1ccc(C(=O)Nc2ccccc2Sc2ccccc2)cc1COc1ccccc1C(C)(C)C. The van der Waals surface area contributed by atoms with Crippen molar-refractivity contribution in [2.24, 2.45) is 0 Å². The highest BCUT2D eigenvalue weighted by molar-refractivity contribution is 7.99. The molecule has 1 amide bonds. The van der Waals surface area contributed by atoms with Crippen LogP contribution < -0.4 is 14.8 Å². The first-order valence-electron chi connectivity index (χ1n) is 11.9. The number of hydrogen-bond acceptors (Lipinski definition) is 4. The van der Waals surface area contributed by atoms with Crippen molar-refractivity contribution in [2.75, 3.05) is 12.4 Å². The predicted octanol–water partition coefficient (Wildman–Crippen LogP) is 7.98. The van der Waals surface area contributed by atoms with E-state index in [1.54, 1.807) is 24.9 Å². The number of anilines is 1. The largest absolute Gasteiger partial charge is 0.496 e. The molecule has 0 radical (unpaired) electrons. The Balaban J connectivity index is 1.53. The normalized spacial score (nSPS) is 11.1. The number of rotatable bonds is 8. The van der Waals surface area contributed by atoms with Crippen LogP contribution in [0.15, 0.2) is 107 Å². The van der Waals surface area contributed by atoms with Gasteiger partial charge in [-0.25, -0.2) is 0 Å². The zero-order valence-electron chi connectivity index (χ0n) is 21.1. The van der Waals surface area contributed by atoms with Gasteiger partial charge in [-0.2, -0.15) is 0 Å². The Labute approximate surface area is 217 Å². The van der Waals surface area contributed by atoms with Crippen LogP contribution in [0.5, 0.6) is 11.5 Å². The van der Waals surface area contributed by atoms with Crippen LogP contribution in [0.4, 0.5) is 5.69 Å². The molecule has 184 valence electrons. The molecule has 36 heavy (non-hydrogen) atoms. The Morgan fingerprint density at radius 3 is 2.28 bits per heavy atom. The number of para-hydroxylation sites is 2. The number of hydrogen-bond donors (Lipinski definition) is 1. The molecule has 0 spiro atoms. The first-order valence-corrected chi connectivity index (χ1v) is 12.7. The third kappa shape index (κ3) is 6.29. The second-order valence-electron chi connectivity index (χ2n) is 9.43. The molecule has 4 nitrogen and oxygen atoms in total. The third-order valence-corrected chi connectivity index (χ3v) is 6.81. The highest BCUT2D eigenvalue weighted by Gasteiger charge is 2.19. The van der Waals surface area contributed by atoms with Gasteiger partial charge in [0.25, 0.3) is 5.91 Å². The van der Waals surface area contributed by atoms with Crippen LogP contribution in [0.25, 0.3) is 0 Å². The lowest BCUT2D eigenvalue weighted by molar-refractivity contribution is 0.102. The van der Waals surface area contributed by atoms with Crippen LogP contribution >= 0.6 is 11.8 Å². The average Bonchev–Trinajstić information content (AvgIpc) is 2.88. The van der Waals surface area contributed by atoms with Crippen LogP contribution in [0.3, 0.4) is 0 Å². The van der Waals surface area contributed by atoms with Gasteiger partial charge in [-0.05, 0) is 59.5 Å². The first-order chi connectivity index (χ1) is 17.3. The fourth-order valence-corrected chi connectivity index (χ4v) is 4.79. The third-order valence-electron chi connectivity index (χ3n) is 5.73. The molecule has 0 unspecified atom stereocenters. The fraction of sp³-hybridized carbons (Fsp3) is 0.194. The zero-order valence-corrected chi connectivity index (χ0v) is 21.9. The van der Waals surface area contributed by atoms with E-state index in [9.17, 15) is 4.79 Å². The van der Waals surface area contributed by atoms with Crippen LogP contribution in [0.1, 0.15) is 42.3 Å². The minimum absolute atomic E-state index is 0.0480. The molecule has 0 saturated heterocycles. The summed E-state index contributed by atoms with van der Waals surface area (Å²) in [5.41, 5.74) is 3.20. The van der Waals surface area contributed by atoms with Crippen molar-refractivity contribution in [3.8, 4) is 11.5 Å². The predicted molar refractivity (Wildman–Crippen MR) is 147 cm³/mol. The summed E-state index contributed by atoms with van der Waals surface area (Å²) in [6.07, 6.45) is 0. The minimum atomic E-state index is -0.185. The molecule has 1 N–H and O–H groups in total. The maximum Gasteiger partial charge on any atom is 0.255 e. The lowest BCUT2D eigenvalue weighted by Crippen LogP contribution is -2.14. The van der Waals surface area contributed by atoms with Crippen LogP contribution in [-0.2, 0) is 12.0 Å². The molecule has 0 fully saturated rings. The Morgan fingerprint density at radius 1 is 0.833 bits per heavy atom. The van der Waals surface area contributed by atoms with Gasteiger partial charge in [-0.3, -0.25) is 4.79 Å². The molecule has 0 atom stereocenters. The van der Waals surface area contributed by atoms with Crippen LogP contribution in [0.2, 0.25) is 0 Å². The van der Waals surface area contributed by atoms with E-state index < -0.39 is 0 Å². The summed E-state index contributed by atoms with van der Waals surface area (Å²) >= 11 is 1.61. The van der Waals surface area contributed by atoms with Crippen molar-refractivity contribution in [1.82, 2.24) is 0 Å². The quantitative estimate of drug-likeness (QED) is 0.268. The van der Waals surface area contributed by atoms with E-state index in [1.807, 2.05) is 72.8 Å². The van der Waals surface area contributed by atoms with Crippen molar-refractivity contribution in [3.05, 3.63) is 114 Å². The lowest BCUT2D eigenvalue weighted by atomic mass is 9.86. The summed E-state index contributed by atoms with van der Waals surface area (Å²) in [7, 11) is 1.62. The van der Waals surface area contributed by atoms with E-state index in [0.29, 0.717) is 11.3 Å². The highest BCUT2D eigenvalue weighted by atomic mass is 32.2. The maximum absolute atomic E-state index is 13.2. The van der Waals surface area contributed by atoms with Gasteiger partial charge < -0.3 is 14.8 Å². The average molecular weight is 498 g/mol. The molecule has 0 aliphatic rings. The fourth-order valence-electron chi connectivity index (χ4n) is 3.87. The molecule has 0 aromatic heterocycles. The van der Waals surface area contributed by atoms with Crippen LogP contribution in [0, 0.1) is 0 Å². The molecule has 0 aliphatic carbocycles. The second-order valence-corrected chi connectivity index (χ2v) is 10.5. The standard InChI is InChI=1S/C31H31NO3S/c1-31(2,3)25-14-8-10-16-28(25)35-21-23-20-22(18-19-27(23)34-4)30(33)32-26-15-9-11-17-29(26)36-24-12-6-5-7-13-24/h5-20H,21H2,1-4H3,(H,32,33). The Kier molecular flexibility index (Phi) is 8.01. The molecule has 0 saturated carbocycles. The number of carbonyl (C=O) groups excluding carboxylic acids is 1. The van der Waals surface area contributed by atoms with E-state index in [-0.39, 0.29) is 17.9 Å². The number of carbonyl (C=O) groups is 1. The molecule has 4 aromatic carbocycles. The van der Waals surface area contributed by atoms with Gasteiger partial charge >= 0.3 is 0 Å². The summed E-state index contributed by atoms with van der Waals surface area (Å²) in [6, 6.07) is 31.4. The Morgan fingerprint density at radius 2 is 1.53 bits per heavy atom. The van der Waals surface area contributed by atoms with Gasteiger partial charge in [-0.15, -0.1) is 0 Å². The number of nitrogens with one attached hydrogen (secondary N) is 1. The summed E-state index contributed by atoms with van der Waals surface area (Å²) in [5.74, 6) is 1.32. The minimum Gasteiger partial charge on any atom is -0.496 e. The van der Waals surface area contributed by atoms with E-state index in [0.717, 1.165) is 32.4 Å². The van der Waals surface area contributed by atoms with Crippen molar-refractivity contribution in [1.29, 1.82) is 0 Å². The molecule has 5 heteroatoms. The van der Waals surface area contributed by atoms with E-state index in [1.165, 1.54) is 0 Å². The summed E-state index contributed by atoms with van der Waals surface area (Å²) < 4.78 is 11.8. The molecule has 4 aromatic rings. The van der Waals surface area contributed by atoms with E-state index in [4.69, 9.17) is 9.47 Å². The summed E-state index contributed by atoms with van der Waals surface area (Å²) in [6.45, 7) is 6.77. The van der Waals surface area contributed by atoms with Crippen LogP contribution in [-0.4, -0.2) is 13.0 Å². The van der Waals surface area contributed by atoms with Crippen molar-refractivity contribution < 1.29 is 14.3 Å². The Bertz CT molecular complexity index is 1330. The van der Waals surface area contributed by atoms with Gasteiger partial charge in [0.2, 0.25) is 0 Å². The van der Waals surface area contributed by atoms with E-state index >= 15 is 0 Å². The highest BCUT2D eigenvalue weighted by Crippen LogP contribution is 2.34.